The maximum absolute atomic E-state index is 13.2. The van der Waals surface area contributed by atoms with Crippen molar-refractivity contribution in [3.05, 3.63) is 71.5 Å². The van der Waals surface area contributed by atoms with Crippen LogP contribution in [0.4, 0.5) is 4.39 Å². The minimum atomic E-state index is -0.250. The summed E-state index contributed by atoms with van der Waals surface area (Å²) in [6, 6.07) is 16.9. The molecule has 1 heterocycles. The number of piperidine rings is 1. The minimum Gasteiger partial charge on any atom is -0.349 e. The molecule has 3 nitrogen and oxygen atoms in total. The normalized spacial score (nSPS) is 16.9. The standard InChI is InChI=1S/C24H31FN2O/c1-18(2)23(20-8-10-22(25)11-9-20)26-24(28)21-13-16-27(17-14-21)15-12-19-6-4-3-5-7-19/h3-11,18,21,23H,12-17H2,1-2H3,(H,26,28)/t23-/m1/s1. The van der Waals surface area contributed by atoms with Crippen LogP contribution in [0, 0.1) is 17.7 Å². The Labute approximate surface area is 167 Å². The maximum atomic E-state index is 13.2. The van der Waals surface area contributed by atoms with Crippen molar-refractivity contribution in [1.82, 2.24) is 10.2 Å². The Morgan fingerprint density at radius 3 is 2.32 bits per heavy atom. The molecule has 0 bridgehead atoms. The van der Waals surface area contributed by atoms with Crippen LogP contribution in [0.1, 0.15) is 43.9 Å². The van der Waals surface area contributed by atoms with Crippen molar-refractivity contribution in [1.29, 1.82) is 0 Å². The number of benzene rings is 2. The molecule has 1 aliphatic heterocycles. The first-order valence-corrected chi connectivity index (χ1v) is 10.3. The molecule has 1 aliphatic rings. The van der Waals surface area contributed by atoms with Crippen LogP contribution in [0.5, 0.6) is 0 Å². The fourth-order valence-corrected chi connectivity index (χ4v) is 3.93. The van der Waals surface area contributed by atoms with Crippen molar-refractivity contribution >= 4 is 5.91 Å². The number of nitrogens with zero attached hydrogens (tertiary/aromatic N) is 1. The van der Waals surface area contributed by atoms with E-state index in [-0.39, 0.29) is 29.6 Å². The van der Waals surface area contributed by atoms with Crippen molar-refractivity contribution in [2.45, 2.75) is 39.2 Å². The minimum absolute atomic E-state index is 0.0645. The molecule has 28 heavy (non-hydrogen) atoms. The van der Waals surface area contributed by atoms with E-state index in [0.29, 0.717) is 0 Å². The van der Waals surface area contributed by atoms with Gasteiger partial charge in [0.15, 0.2) is 0 Å². The fourth-order valence-electron chi connectivity index (χ4n) is 3.93. The molecule has 0 saturated carbocycles. The molecule has 0 aromatic heterocycles. The summed E-state index contributed by atoms with van der Waals surface area (Å²) in [6.07, 6.45) is 2.85. The first-order valence-electron chi connectivity index (χ1n) is 10.3. The van der Waals surface area contributed by atoms with Crippen molar-refractivity contribution in [3.8, 4) is 0 Å². The Bertz CT molecular complexity index is 737. The molecule has 1 atom stereocenters. The highest BCUT2D eigenvalue weighted by atomic mass is 19.1. The molecular formula is C24H31FN2O. The number of amides is 1. The highest BCUT2D eigenvalue weighted by Gasteiger charge is 2.27. The van der Waals surface area contributed by atoms with Crippen molar-refractivity contribution in [3.63, 3.8) is 0 Å². The lowest BCUT2D eigenvalue weighted by Gasteiger charge is -2.33. The fraction of sp³-hybridized carbons (Fsp3) is 0.458. The lowest BCUT2D eigenvalue weighted by molar-refractivity contribution is -0.127. The van der Waals surface area contributed by atoms with Gasteiger partial charge < -0.3 is 10.2 Å². The van der Waals surface area contributed by atoms with Gasteiger partial charge >= 0.3 is 0 Å². The number of rotatable bonds is 7. The Morgan fingerprint density at radius 2 is 1.71 bits per heavy atom. The highest BCUT2D eigenvalue weighted by Crippen LogP contribution is 2.24. The molecule has 1 amide bonds. The third kappa shape index (κ3) is 5.65. The Kier molecular flexibility index (Phi) is 7.21. The zero-order valence-electron chi connectivity index (χ0n) is 16.9. The molecule has 0 radical (unpaired) electrons. The van der Waals surface area contributed by atoms with Crippen LogP contribution in [-0.4, -0.2) is 30.4 Å². The Hall–Kier alpha value is -2.20. The summed E-state index contributed by atoms with van der Waals surface area (Å²) in [4.78, 5) is 15.3. The second-order valence-electron chi connectivity index (χ2n) is 8.13. The van der Waals surface area contributed by atoms with Crippen LogP contribution in [-0.2, 0) is 11.2 Å². The van der Waals surface area contributed by atoms with Gasteiger partial charge in [-0.2, -0.15) is 0 Å². The summed E-state index contributed by atoms with van der Waals surface area (Å²) in [5.41, 5.74) is 2.33. The number of hydrogen-bond donors (Lipinski definition) is 1. The van der Waals surface area contributed by atoms with Gasteiger partial charge in [0.1, 0.15) is 5.82 Å². The Morgan fingerprint density at radius 1 is 1.07 bits per heavy atom. The van der Waals surface area contributed by atoms with E-state index in [1.165, 1.54) is 17.7 Å². The molecule has 1 N–H and O–H groups in total. The molecule has 3 rings (SSSR count). The van der Waals surface area contributed by atoms with Gasteiger partial charge in [0.25, 0.3) is 0 Å². The van der Waals surface area contributed by atoms with E-state index < -0.39 is 0 Å². The lowest BCUT2D eigenvalue weighted by atomic mass is 9.92. The first kappa shape index (κ1) is 20.5. The quantitative estimate of drug-likeness (QED) is 0.759. The van der Waals surface area contributed by atoms with Gasteiger partial charge in [-0.25, -0.2) is 4.39 Å². The van der Waals surface area contributed by atoms with Crippen molar-refractivity contribution < 1.29 is 9.18 Å². The average molecular weight is 383 g/mol. The van der Waals surface area contributed by atoms with Crippen LogP contribution in [0.3, 0.4) is 0 Å². The molecule has 0 aliphatic carbocycles. The van der Waals surface area contributed by atoms with Crippen LogP contribution in [0.15, 0.2) is 54.6 Å². The molecule has 1 fully saturated rings. The van der Waals surface area contributed by atoms with Crippen molar-refractivity contribution in [2.75, 3.05) is 19.6 Å². The first-order chi connectivity index (χ1) is 13.5. The van der Waals surface area contributed by atoms with E-state index in [0.717, 1.165) is 44.5 Å². The van der Waals surface area contributed by atoms with Crippen LogP contribution in [0.2, 0.25) is 0 Å². The van der Waals surface area contributed by atoms with E-state index in [1.54, 1.807) is 12.1 Å². The van der Waals surface area contributed by atoms with E-state index in [2.05, 4.69) is 48.3 Å². The third-order valence-electron chi connectivity index (χ3n) is 5.71. The number of hydrogen-bond acceptors (Lipinski definition) is 2. The summed E-state index contributed by atoms with van der Waals surface area (Å²) >= 11 is 0. The van der Waals surface area contributed by atoms with Gasteiger partial charge in [0, 0.05) is 12.5 Å². The monoisotopic (exact) mass is 382 g/mol. The van der Waals surface area contributed by atoms with E-state index in [1.807, 2.05) is 6.07 Å². The maximum Gasteiger partial charge on any atom is 0.223 e. The molecule has 150 valence electrons. The van der Waals surface area contributed by atoms with Crippen molar-refractivity contribution in [2.24, 2.45) is 11.8 Å². The lowest BCUT2D eigenvalue weighted by Crippen LogP contribution is -2.42. The summed E-state index contributed by atoms with van der Waals surface area (Å²) in [5, 5.41) is 3.21. The van der Waals surface area contributed by atoms with Gasteiger partial charge in [-0.3, -0.25) is 4.79 Å². The molecular weight excluding hydrogens is 351 g/mol. The zero-order valence-corrected chi connectivity index (χ0v) is 16.9. The third-order valence-corrected chi connectivity index (χ3v) is 5.71. The summed E-state index contributed by atoms with van der Waals surface area (Å²) < 4.78 is 13.2. The van der Waals surface area contributed by atoms with Gasteiger partial charge in [0.05, 0.1) is 6.04 Å². The SMILES string of the molecule is CC(C)[C@@H](NC(=O)C1CCN(CCc2ccccc2)CC1)c1ccc(F)cc1. The molecule has 2 aromatic carbocycles. The summed E-state index contributed by atoms with van der Waals surface area (Å²) in [6.45, 7) is 7.14. The highest BCUT2D eigenvalue weighted by molar-refractivity contribution is 5.79. The predicted molar refractivity (Wildman–Crippen MR) is 111 cm³/mol. The molecule has 1 saturated heterocycles. The second-order valence-corrected chi connectivity index (χ2v) is 8.13. The molecule has 4 heteroatoms. The van der Waals surface area contributed by atoms with Crippen LogP contribution >= 0.6 is 0 Å². The number of carbonyl (C=O) groups is 1. The number of halogens is 1. The molecule has 0 unspecified atom stereocenters. The summed E-state index contributed by atoms with van der Waals surface area (Å²) in [7, 11) is 0. The number of likely N-dealkylation sites (tertiary alicyclic amines) is 1. The number of carbonyl (C=O) groups excluding carboxylic acids is 1. The zero-order chi connectivity index (χ0) is 19.9. The van der Waals surface area contributed by atoms with E-state index in [9.17, 15) is 9.18 Å². The van der Waals surface area contributed by atoms with E-state index in [4.69, 9.17) is 0 Å². The molecule has 0 spiro atoms. The smallest absolute Gasteiger partial charge is 0.223 e. The van der Waals surface area contributed by atoms with E-state index >= 15 is 0 Å². The predicted octanol–water partition coefficient (Wildman–Crippen LogP) is 4.59. The average Bonchev–Trinajstić information content (AvgIpc) is 2.72. The molecule has 2 aromatic rings. The Balaban J connectivity index is 1.49. The van der Waals surface area contributed by atoms with Gasteiger partial charge in [0.2, 0.25) is 5.91 Å². The topological polar surface area (TPSA) is 32.3 Å². The second kappa shape index (κ2) is 9.83. The van der Waals surface area contributed by atoms with Gasteiger partial charge in [-0.1, -0.05) is 56.3 Å². The van der Waals surface area contributed by atoms with Gasteiger partial charge in [-0.05, 0) is 61.5 Å². The summed E-state index contributed by atoms with van der Waals surface area (Å²) in [5.74, 6) is 0.196. The number of nitrogens with one attached hydrogen (secondary N) is 1. The van der Waals surface area contributed by atoms with Gasteiger partial charge in [-0.15, -0.1) is 0 Å². The largest absolute Gasteiger partial charge is 0.349 e. The van der Waals surface area contributed by atoms with Crippen LogP contribution < -0.4 is 5.32 Å². The van der Waals surface area contributed by atoms with Crippen LogP contribution in [0.25, 0.3) is 0 Å².